The van der Waals surface area contributed by atoms with Crippen molar-refractivity contribution in [3.63, 3.8) is 0 Å². The molecule has 0 spiro atoms. The first-order chi connectivity index (χ1) is 16.8. The first-order valence-electron chi connectivity index (χ1n) is 12.7. The molecule has 3 fully saturated rings. The van der Waals surface area contributed by atoms with Gasteiger partial charge in [-0.05, 0) is 56.4 Å². The molecule has 6 atom stereocenters. The Labute approximate surface area is 206 Å². The Bertz CT molecular complexity index is 1320. The van der Waals surface area contributed by atoms with Gasteiger partial charge >= 0.3 is 0 Å². The molecule has 7 rings (SSSR count). The first kappa shape index (κ1) is 21.0. The van der Waals surface area contributed by atoms with Crippen LogP contribution < -0.4 is 10.2 Å². The van der Waals surface area contributed by atoms with E-state index in [0.717, 1.165) is 12.1 Å². The van der Waals surface area contributed by atoms with Gasteiger partial charge < -0.3 is 20.0 Å². The van der Waals surface area contributed by atoms with Gasteiger partial charge in [-0.2, -0.15) is 0 Å². The molecule has 0 bridgehead atoms. The maximum absolute atomic E-state index is 14.3. The first-order valence-corrected chi connectivity index (χ1v) is 12.7. The lowest BCUT2D eigenvalue weighted by Crippen LogP contribution is -2.66. The van der Waals surface area contributed by atoms with Gasteiger partial charge in [-0.15, -0.1) is 0 Å². The van der Waals surface area contributed by atoms with Gasteiger partial charge in [0, 0.05) is 29.3 Å². The predicted molar refractivity (Wildman–Crippen MR) is 136 cm³/mol. The zero-order chi connectivity index (χ0) is 24.3. The molecule has 2 amide bonds. The Morgan fingerprint density at radius 3 is 2.40 bits per heavy atom. The van der Waals surface area contributed by atoms with E-state index in [1.807, 2.05) is 15.9 Å². The molecule has 5 aliphatic rings. The third-order valence-electron chi connectivity index (χ3n) is 9.46. The molecule has 6 nitrogen and oxygen atoms in total. The van der Waals surface area contributed by atoms with Gasteiger partial charge in [-0.1, -0.05) is 55.0 Å². The fourth-order valence-corrected chi connectivity index (χ4v) is 7.96. The van der Waals surface area contributed by atoms with Gasteiger partial charge in [0.1, 0.15) is 24.4 Å². The summed E-state index contributed by atoms with van der Waals surface area (Å²) in [5.41, 5.74) is 5.44. The van der Waals surface area contributed by atoms with Crippen LogP contribution in [0.1, 0.15) is 51.2 Å². The van der Waals surface area contributed by atoms with Crippen LogP contribution in [0.25, 0.3) is 0 Å². The third kappa shape index (κ3) is 2.40. The summed E-state index contributed by atoms with van der Waals surface area (Å²) in [6.07, 6.45) is 4.09. The largest absolute Gasteiger partial charge is 0.364 e. The molecule has 0 radical (unpaired) electrons. The van der Waals surface area contributed by atoms with Crippen LogP contribution in [0.3, 0.4) is 0 Å². The average Bonchev–Trinajstić information content (AvgIpc) is 3.51. The summed E-state index contributed by atoms with van der Waals surface area (Å²) >= 11 is 0. The van der Waals surface area contributed by atoms with E-state index in [9.17, 15) is 9.59 Å². The minimum atomic E-state index is -0.432. The number of hydrogen-bond donors (Lipinski definition) is 1. The summed E-state index contributed by atoms with van der Waals surface area (Å²) in [7, 11) is 2.09. The number of anilines is 2. The van der Waals surface area contributed by atoms with E-state index in [1.165, 1.54) is 22.4 Å². The van der Waals surface area contributed by atoms with Crippen LogP contribution in [0.2, 0.25) is 0 Å². The zero-order valence-electron chi connectivity index (χ0n) is 20.8. The topological polar surface area (TPSA) is 55.9 Å². The highest BCUT2D eigenvalue weighted by molar-refractivity contribution is 6.00. The predicted octanol–water partition coefficient (Wildman–Crippen LogP) is 3.98. The number of allylic oxidation sites excluding steroid dienone is 2. The van der Waals surface area contributed by atoms with Crippen molar-refractivity contribution in [1.82, 2.24) is 9.80 Å². The number of hydrogen-bond acceptors (Lipinski definition) is 4. The Kier molecular flexibility index (Phi) is 4.02. The van der Waals surface area contributed by atoms with Crippen LogP contribution in [-0.2, 0) is 20.4 Å². The van der Waals surface area contributed by atoms with Crippen molar-refractivity contribution >= 4 is 23.2 Å². The van der Waals surface area contributed by atoms with Crippen LogP contribution in [0, 0.1) is 0 Å². The second kappa shape index (κ2) is 6.68. The van der Waals surface area contributed by atoms with E-state index in [2.05, 4.69) is 86.6 Å². The second-order valence-electron chi connectivity index (χ2n) is 11.6. The normalized spacial score (nSPS) is 35.7. The molecule has 0 aromatic heterocycles. The van der Waals surface area contributed by atoms with Crippen molar-refractivity contribution < 1.29 is 9.59 Å². The van der Waals surface area contributed by atoms with Crippen molar-refractivity contribution in [2.75, 3.05) is 17.3 Å². The van der Waals surface area contributed by atoms with Crippen LogP contribution in [-0.4, -0.2) is 53.1 Å². The van der Waals surface area contributed by atoms with Crippen molar-refractivity contribution in [3.05, 3.63) is 71.3 Å². The van der Waals surface area contributed by atoms with Gasteiger partial charge in [-0.25, -0.2) is 0 Å². The van der Waals surface area contributed by atoms with Crippen molar-refractivity contribution in [2.24, 2.45) is 0 Å². The molecule has 2 aromatic rings. The number of likely N-dealkylation sites (N-methyl/N-ethyl adjacent to an activating group) is 1. The summed E-state index contributed by atoms with van der Waals surface area (Å²) < 4.78 is 0. The van der Waals surface area contributed by atoms with Crippen LogP contribution in [0.15, 0.2) is 60.2 Å². The molecule has 5 heterocycles. The van der Waals surface area contributed by atoms with Gasteiger partial charge in [0.05, 0.1) is 0 Å². The molecule has 35 heavy (non-hydrogen) atoms. The SMILES string of the molecule is CC(C)=CC[C@@]12C[C@H]3C(=O)N4[C@H]5Nc6ccccc6[C@@]5(C)C[C@H]4C(=O)N3[C@@H]1N(C)c1ccccc12. The number of benzene rings is 2. The fraction of sp³-hybridized carbons (Fsp3) is 0.448. The average molecular weight is 469 g/mol. The second-order valence-corrected chi connectivity index (χ2v) is 11.6. The Balaban J connectivity index is 1.33. The molecule has 1 N–H and O–H groups in total. The smallest absolute Gasteiger partial charge is 0.247 e. The van der Waals surface area contributed by atoms with Crippen LogP contribution in [0.4, 0.5) is 11.4 Å². The minimum absolute atomic E-state index is 0.0977. The Morgan fingerprint density at radius 1 is 0.971 bits per heavy atom. The number of piperazine rings is 1. The van der Waals surface area contributed by atoms with Gasteiger partial charge in [-0.3, -0.25) is 9.59 Å². The summed E-state index contributed by atoms with van der Waals surface area (Å²) in [6, 6.07) is 15.9. The van der Waals surface area contributed by atoms with Gasteiger partial charge in [0.2, 0.25) is 11.8 Å². The lowest BCUT2D eigenvalue weighted by Gasteiger charge is -2.44. The number of fused-ring (bicyclic) bond motifs is 10. The van der Waals surface area contributed by atoms with E-state index < -0.39 is 12.1 Å². The van der Waals surface area contributed by atoms with Gasteiger partial charge in [0.25, 0.3) is 0 Å². The number of para-hydroxylation sites is 2. The number of nitrogens with zero attached hydrogens (tertiary/aromatic N) is 3. The molecule has 6 heteroatoms. The van der Waals surface area contributed by atoms with E-state index in [1.54, 1.807) is 0 Å². The highest BCUT2D eigenvalue weighted by atomic mass is 16.2. The van der Waals surface area contributed by atoms with E-state index >= 15 is 0 Å². The summed E-state index contributed by atoms with van der Waals surface area (Å²) in [5.74, 6) is 0.203. The zero-order valence-corrected chi connectivity index (χ0v) is 20.8. The van der Waals surface area contributed by atoms with Crippen molar-refractivity contribution in [2.45, 2.75) is 75.3 Å². The minimum Gasteiger partial charge on any atom is -0.364 e. The Morgan fingerprint density at radius 2 is 1.63 bits per heavy atom. The molecule has 5 aliphatic heterocycles. The van der Waals surface area contributed by atoms with E-state index in [-0.39, 0.29) is 35.0 Å². The maximum Gasteiger partial charge on any atom is 0.247 e. The lowest BCUT2D eigenvalue weighted by molar-refractivity contribution is -0.160. The Hall–Kier alpha value is -3.28. The maximum atomic E-state index is 14.3. The van der Waals surface area contributed by atoms with Gasteiger partial charge in [0.15, 0.2) is 0 Å². The summed E-state index contributed by atoms with van der Waals surface area (Å²) in [6.45, 7) is 6.45. The molecule has 0 unspecified atom stereocenters. The molecule has 180 valence electrons. The molecular weight excluding hydrogens is 436 g/mol. The summed E-state index contributed by atoms with van der Waals surface area (Å²) in [5, 5.41) is 3.61. The van der Waals surface area contributed by atoms with Crippen LogP contribution >= 0.6 is 0 Å². The van der Waals surface area contributed by atoms with E-state index in [0.29, 0.717) is 12.8 Å². The van der Waals surface area contributed by atoms with Crippen molar-refractivity contribution in [3.8, 4) is 0 Å². The molecular formula is C29H32N4O2. The fourth-order valence-electron chi connectivity index (χ4n) is 7.96. The molecule has 3 saturated heterocycles. The number of amides is 2. The number of carbonyl (C=O) groups is 2. The van der Waals surface area contributed by atoms with E-state index in [4.69, 9.17) is 0 Å². The highest BCUT2D eigenvalue weighted by Crippen LogP contribution is 2.59. The lowest BCUT2D eigenvalue weighted by atomic mass is 9.75. The molecule has 0 saturated carbocycles. The summed E-state index contributed by atoms with van der Waals surface area (Å²) in [4.78, 5) is 34.7. The third-order valence-corrected chi connectivity index (χ3v) is 9.46. The quantitative estimate of drug-likeness (QED) is 0.678. The monoisotopic (exact) mass is 468 g/mol. The number of rotatable bonds is 2. The van der Waals surface area contributed by atoms with Crippen molar-refractivity contribution in [1.29, 1.82) is 0 Å². The molecule has 2 aromatic carbocycles. The highest BCUT2D eigenvalue weighted by Gasteiger charge is 2.69. The standard InChI is InChI=1S/C29H32N4O2/c1-17(2)13-14-29-16-23-24(34)32-22(15-28(3)18-9-5-7-11-20(18)30-26(28)32)25(35)33(23)27(29)31(4)21-12-8-6-10-19(21)29/h5-13,22-23,26-27,30H,14-16H2,1-4H3/t22-,23-,26+,27-,28+,29-/m0/s1. The number of carbonyl (C=O) groups excluding carboxylic acids is 2. The number of nitrogens with one attached hydrogen (secondary N) is 1. The molecule has 0 aliphatic carbocycles. The van der Waals surface area contributed by atoms with Crippen LogP contribution in [0.5, 0.6) is 0 Å².